The number of aromatic nitrogens is 2. The molecule has 0 radical (unpaired) electrons. The summed E-state index contributed by atoms with van der Waals surface area (Å²) in [4.78, 5) is 31.7. The molecule has 1 amide bonds. The van der Waals surface area contributed by atoms with E-state index in [4.69, 9.17) is 5.11 Å². The number of nitrogens with one attached hydrogen (secondary N) is 1. The Bertz CT molecular complexity index is 450. The van der Waals surface area contributed by atoms with Gasteiger partial charge in [0, 0.05) is 19.5 Å². The Morgan fingerprint density at radius 3 is 2.72 bits per heavy atom. The molecule has 1 aromatic rings. The van der Waals surface area contributed by atoms with Crippen molar-refractivity contribution in [1.29, 1.82) is 0 Å². The molecule has 9 nitrogen and oxygen atoms in total. The topological polar surface area (TPSA) is 127 Å². The summed E-state index contributed by atoms with van der Waals surface area (Å²) < 4.78 is 1.08. The molecule has 2 N–H and O–H groups in total. The predicted molar refractivity (Wildman–Crippen MR) is 59.1 cm³/mol. The average molecular weight is 256 g/mol. The first-order valence-electron chi connectivity index (χ1n) is 5.17. The van der Waals surface area contributed by atoms with Crippen LogP contribution >= 0.6 is 0 Å². The van der Waals surface area contributed by atoms with Crippen LogP contribution in [0.25, 0.3) is 0 Å². The van der Waals surface area contributed by atoms with E-state index in [9.17, 15) is 19.7 Å². The van der Waals surface area contributed by atoms with Gasteiger partial charge in [0.1, 0.15) is 6.20 Å². The van der Waals surface area contributed by atoms with E-state index >= 15 is 0 Å². The number of carboxylic acid groups (broad SMARTS) is 1. The van der Waals surface area contributed by atoms with E-state index in [0.29, 0.717) is 6.54 Å². The van der Waals surface area contributed by atoms with Crippen molar-refractivity contribution in [3.8, 4) is 0 Å². The van der Waals surface area contributed by atoms with Gasteiger partial charge in [-0.2, -0.15) is 5.10 Å². The monoisotopic (exact) mass is 256 g/mol. The molecule has 0 fully saturated rings. The number of hydrogen-bond donors (Lipinski definition) is 2. The standard InChI is InChI=1S/C9H12N4O5/c1-2-10-7(14)3-4-12-5-6(13(17)18)8(11-12)9(15)16/h5H,2-4H2,1H3,(H,10,14)(H,15,16). The van der Waals surface area contributed by atoms with E-state index in [1.54, 1.807) is 6.92 Å². The van der Waals surface area contributed by atoms with E-state index in [1.807, 2.05) is 0 Å². The molecule has 98 valence electrons. The quantitative estimate of drug-likeness (QED) is 0.545. The van der Waals surface area contributed by atoms with Crippen molar-refractivity contribution in [2.75, 3.05) is 6.54 Å². The highest BCUT2D eigenvalue weighted by Crippen LogP contribution is 2.16. The molecular formula is C9H12N4O5. The van der Waals surface area contributed by atoms with Crippen molar-refractivity contribution >= 4 is 17.6 Å². The summed E-state index contributed by atoms with van der Waals surface area (Å²) in [5.41, 5.74) is -1.21. The van der Waals surface area contributed by atoms with Gasteiger partial charge in [0.05, 0.1) is 4.92 Å². The van der Waals surface area contributed by atoms with Crippen LogP contribution < -0.4 is 5.32 Å². The van der Waals surface area contributed by atoms with Crippen molar-refractivity contribution in [2.45, 2.75) is 19.9 Å². The maximum Gasteiger partial charge on any atom is 0.363 e. The fourth-order valence-corrected chi connectivity index (χ4v) is 1.31. The molecule has 0 aliphatic heterocycles. The summed E-state index contributed by atoms with van der Waals surface area (Å²) in [6.07, 6.45) is 1.08. The maximum absolute atomic E-state index is 11.2. The second-order valence-electron chi connectivity index (χ2n) is 3.39. The van der Waals surface area contributed by atoms with Crippen LogP contribution in [-0.4, -0.2) is 38.2 Å². The number of nitro groups is 1. The van der Waals surface area contributed by atoms with Gasteiger partial charge in [-0.25, -0.2) is 4.79 Å². The molecule has 0 aromatic carbocycles. The Hall–Kier alpha value is -2.45. The van der Waals surface area contributed by atoms with E-state index in [2.05, 4.69) is 10.4 Å². The first-order chi connectivity index (χ1) is 8.45. The number of amides is 1. The highest BCUT2D eigenvalue weighted by Gasteiger charge is 2.25. The Labute approximate surface area is 102 Å². The summed E-state index contributed by atoms with van der Waals surface area (Å²) in [5, 5.41) is 25.4. The van der Waals surface area contributed by atoms with Gasteiger partial charge in [0.25, 0.3) is 0 Å². The van der Waals surface area contributed by atoms with E-state index in [0.717, 1.165) is 10.9 Å². The van der Waals surface area contributed by atoms with E-state index < -0.39 is 22.3 Å². The highest BCUT2D eigenvalue weighted by atomic mass is 16.6. The normalized spacial score (nSPS) is 10.1. The molecule has 1 rings (SSSR count). The van der Waals surface area contributed by atoms with Gasteiger partial charge in [-0.1, -0.05) is 0 Å². The lowest BCUT2D eigenvalue weighted by atomic mass is 10.4. The summed E-state index contributed by atoms with van der Waals surface area (Å²) in [6, 6.07) is 0. The minimum absolute atomic E-state index is 0.0751. The Balaban J connectivity index is 2.79. The first-order valence-corrected chi connectivity index (χ1v) is 5.17. The van der Waals surface area contributed by atoms with Crippen LogP contribution in [0.4, 0.5) is 5.69 Å². The fraction of sp³-hybridized carbons (Fsp3) is 0.444. The molecule has 0 saturated heterocycles. The first kappa shape index (κ1) is 13.6. The number of rotatable bonds is 6. The Kier molecular flexibility index (Phi) is 4.35. The van der Waals surface area contributed by atoms with Gasteiger partial charge in [0.15, 0.2) is 0 Å². The van der Waals surface area contributed by atoms with Crippen LogP contribution in [0.1, 0.15) is 23.8 Å². The van der Waals surface area contributed by atoms with Crippen LogP contribution in [-0.2, 0) is 11.3 Å². The lowest BCUT2D eigenvalue weighted by Gasteiger charge is -2.01. The van der Waals surface area contributed by atoms with Crippen molar-refractivity contribution in [2.24, 2.45) is 0 Å². The number of nitrogens with zero attached hydrogens (tertiary/aromatic N) is 3. The average Bonchev–Trinajstić information content (AvgIpc) is 2.71. The third-order valence-electron chi connectivity index (χ3n) is 2.08. The zero-order chi connectivity index (χ0) is 13.7. The molecule has 0 saturated carbocycles. The number of aryl methyl sites for hydroxylation is 1. The van der Waals surface area contributed by atoms with Crippen LogP contribution in [0.5, 0.6) is 0 Å². The molecule has 0 unspecified atom stereocenters. The van der Waals surface area contributed by atoms with E-state index in [1.165, 1.54) is 0 Å². The Morgan fingerprint density at radius 2 is 2.28 bits per heavy atom. The third kappa shape index (κ3) is 3.27. The van der Waals surface area contributed by atoms with Crippen molar-refractivity contribution in [1.82, 2.24) is 15.1 Å². The van der Waals surface area contributed by atoms with Crippen molar-refractivity contribution in [3.05, 3.63) is 22.0 Å². The number of aromatic carboxylic acids is 1. The summed E-state index contributed by atoms with van der Waals surface area (Å²) in [6.45, 7) is 2.33. The molecule has 0 spiro atoms. The zero-order valence-corrected chi connectivity index (χ0v) is 9.62. The van der Waals surface area contributed by atoms with Gasteiger partial charge in [-0.15, -0.1) is 0 Å². The van der Waals surface area contributed by atoms with Crippen LogP contribution in [0.15, 0.2) is 6.20 Å². The highest BCUT2D eigenvalue weighted by molar-refractivity contribution is 5.89. The van der Waals surface area contributed by atoms with Crippen LogP contribution in [0.2, 0.25) is 0 Å². The summed E-state index contributed by atoms with van der Waals surface area (Å²) in [5.74, 6) is -1.70. The zero-order valence-electron chi connectivity index (χ0n) is 9.62. The maximum atomic E-state index is 11.2. The van der Waals surface area contributed by atoms with E-state index in [-0.39, 0.29) is 18.9 Å². The molecule has 0 aliphatic carbocycles. The fourth-order valence-electron chi connectivity index (χ4n) is 1.31. The molecular weight excluding hydrogens is 244 g/mol. The number of carbonyl (C=O) groups excluding carboxylic acids is 1. The minimum Gasteiger partial charge on any atom is -0.476 e. The summed E-state index contributed by atoms with van der Waals surface area (Å²) >= 11 is 0. The molecule has 18 heavy (non-hydrogen) atoms. The lowest BCUT2D eigenvalue weighted by molar-refractivity contribution is -0.385. The van der Waals surface area contributed by atoms with Gasteiger partial charge in [0.2, 0.25) is 11.6 Å². The molecule has 0 bridgehead atoms. The lowest BCUT2D eigenvalue weighted by Crippen LogP contribution is -2.23. The number of hydrogen-bond acceptors (Lipinski definition) is 5. The van der Waals surface area contributed by atoms with Gasteiger partial charge >= 0.3 is 11.7 Å². The van der Waals surface area contributed by atoms with Crippen molar-refractivity contribution in [3.63, 3.8) is 0 Å². The SMILES string of the molecule is CCNC(=O)CCn1cc([N+](=O)[O-])c(C(=O)O)n1. The molecule has 0 aliphatic rings. The Morgan fingerprint density at radius 1 is 1.61 bits per heavy atom. The predicted octanol–water partition coefficient (Wildman–Crippen LogP) is 0.0157. The molecule has 0 atom stereocenters. The number of carboxylic acids is 1. The molecule has 1 heterocycles. The van der Waals surface area contributed by atoms with Gasteiger partial charge < -0.3 is 10.4 Å². The van der Waals surface area contributed by atoms with Crippen LogP contribution in [0.3, 0.4) is 0 Å². The van der Waals surface area contributed by atoms with Crippen molar-refractivity contribution < 1.29 is 19.6 Å². The second-order valence-corrected chi connectivity index (χ2v) is 3.39. The molecule has 1 aromatic heterocycles. The van der Waals surface area contributed by atoms with Gasteiger partial charge in [-0.3, -0.25) is 19.6 Å². The number of carbonyl (C=O) groups is 2. The minimum atomic E-state index is -1.47. The summed E-state index contributed by atoms with van der Waals surface area (Å²) in [7, 11) is 0. The smallest absolute Gasteiger partial charge is 0.363 e. The largest absolute Gasteiger partial charge is 0.476 e. The molecule has 9 heteroatoms. The third-order valence-corrected chi connectivity index (χ3v) is 2.08. The van der Waals surface area contributed by atoms with Gasteiger partial charge in [-0.05, 0) is 6.92 Å². The van der Waals surface area contributed by atoms with Crippen LogP contribution in [0, 0.1) is 10.1 Å². The second kappa shape index (κ2) is 5.75.